The molecule has 1 unspecified atom stereocenters. The quantitative estimate of drug-likeness (QED) is 0.873. The summed E-state index contributed by atoms with van der Waals surface area (Å²) in [4.78, 5) is 27.9. The highest BCUT2D eigenvalue weighted by atomic mass is 16.2. The fourth-order valence-corrected chi connectivity index (χ4v) is 3.22. The third-order valence-corrected chi connectivity index (χ3v) is 4.36. The molecule has 2 saturated heterocycles. The maximum Gasteiger partial charge on any atom is 0.321 e. The van der Waals surface area contributed by atoms with E-state index in [1.807, 2.05) is 36.2 Å². The molecule has 0 spiro atoms. The lowest BCUT2D eigenvalue weighted by Crippen LogP contribution is -2.40. The first-order chi connectivity index (χ1) is 10.7. The van der Waals surface area contributed by atoms with Gasteiger partial charge in [0.2, 0.25) is 0 Å². The Morgan fingerprint density at radius 2 is 2.09 bits per heavy atom. The third kappa shape index (κ3) is 2.78. The summed E-state index contributed by atoms with van der Waals surface area (Å²) in [5.41, 5.74) is 1.52. The summed E-state index contributed by atoms with van der Waals surface area (Å²) in [6.45, 7) is 2.99. The van der Waals surface area contributed by atoms with Crippen molar-refractivity contribution in [3.05, 3.63) is 29.8 Å². The number of rotatable bonds is 4. The van der Waals surface area contributed by atoms with E-state index in [0.717, 1.165) is 31.6 Å². The number of carbonyl (C=O) groups is 2. The number of carbonyl (C=O) groups excluding carboxylic acids is 2. The van der Waals surface area contributed by atoms with Crippen LogP contribution in [-0.2, 0) is 0 Å². The number of amides is 3. The second kappa shape index (κ2) is 6.36. The first kappa shape index (κ1) is 14.8. The highest BCUT2D eigenvalue weighted by molar-refractivity contribution is 5.97. The zero-order chi connectivity index (χ0) is 15.5. The van der Waals surface area contributed by atoms with E-state index in [0.29, 0.717) is 18.7 Å². The Kier molecular flexibility index (Phi) is 4.29. The molecule has 0 radical (unpaired) electrons. The third-order valence-electron chi connectivity index (χ3n) is 4.36. The molecular formula is C16H22N4O2. The first-order valence-electron chi connectivity index (χ1n) is 7.81. The fourth-order valence-electron chi connectivity index (χ4n) is 3.22. The minimum absolute atomic E-state index is 0.0762. The molecule has 2 aliphatic heterocycles. The summed E-state index contributed by atoms with van der Waals surface area (Å²) in [6, 6.07) is 7.53. The average Bonchev–Trinajstić information content (AvgIpc) is 3.16. The Balaban J connectivity index is 1.72. The van der Waals surface area contributed by atoms with Crippen LogP contribution in [0.4, 0.5) is 10.5 Å². The number of anilines is 1. The summed E-state index contributed by atoms with van der Waals surface area (Å²) in [7, 11) is 1.91. The van der Waals surface area contributed by atoms with Gasteiger partial charge in [0.05, 0.1) is 0 Å². The van der Waals surface area contributed by atoms with Crippen molar-refractivity contribution in [2.24, 2.45) is 0 Å². The van der Waals surface area contributed by atoms with Crippen LogP contribution in [0.25, 0.3) is 0 Å². The Bertz CT molecular complexity index is 558. The molecule has 2 N–H and O–H groups in total. The zero-order valence-corrected chi connectivity index (χ0v) is 12.8. The maximum absolute atomic E-state index is 12.6. The molecule has 0 bridgehead atoms. The number of nitrogens with zero attached hydrogens (tertiary/aromatic N) is 2. The molecule has 0 aromatic heterocycles. The van der Waals surface area contributed by atoms with Crippen molar-refractivity contribution < 1.29 is 9.59 Å². The van der Waals surface area contributed by atoms with Crippen molar-refractivity contribution in [2.75, 3.05) is 38.1 Å². The maximum atomic E-state index is 12.6. The van der Waals surface area contributed by atoms with Crippen LogP contribution >= 0.6 is 0 Å². The minimum atomic E-state index is -0.0762. The van der Waals surface area contributed by atoms with E-state index >= 15 is 0 Å². The lowest BCUT2D eigenvalue weighted by atomic mass is 10.1. The molecule has 2 heterocycles. The van der Waals surface area contributed by atoms with E-state index in [2.05, 4.69) is 10.6 Å². The predicted octanol–water partition coefficient (Wildman–Crippen LogP) is 1.04. The van der Waals surface area contributed by atoms with Gasteiger partial charge in [0.1, 0.15) is 0 Å². The molecule has 0 aliphatic carbocycles. The summed E-state index contributed by atoms with van der Waals surface area (Å²) < 4.78 is 0. The standard InChI is InChI=1S/C16H22N4O2/c1-17-11-14-3-2-9-19(14)15(21)12-4-6-13(7-5-12)20-10-8-18-16(20)22/h4-7,14,17H,2-3,8-11H2,1H3,(H,18,22). The molecule has 3 amide bonds. The van der Waals surface area contributed by atoms with Crippen LogP contribution in [-0.4, -0.2) is 56.1 Å². The Hall–Kier alpha value is -2.08. The molecule has 6 nitrogen and oxygen atoms in total. The zero-order valence-electron chi connectivity index (χ0n) is 12.8. The van der Waals surface area contributed by atoms with E-state index in [1.54, 1.807) is 4.90 Å². The van der Waals surface area contributed by atoms with Gasteiger partial charge in [-0.1, -0.05) is 0 Å². The Labute approximate surface area is 130 Å². The van der Waals surface area contributed by atoms with Gasteiger partial charge in [-0.2, -0.15) is 0 Å². The topological polar surface area (TPSA) is 64.7 Å². The van der Waals surface area contributed by atoms with Crippen molar-refractivity contribution in [2.45, 2.75) is 18.9 Å². The molecule has 2 aliphatic rings. The van der Waals surface area contributed by atoms with Crippen molar-refractivity contribution in [3.8, 4) is 0 Å². The first-order valence-corrected chi connectivity index (χ1v) is 7.81. The van der Waals surface area contributed by atoms with Crippen molar-refractivity contribution in [1.29, 1.82) is 0 Å². The summed E-state index contributed by atoms with van der Waals surface area (Å²) in [6.07, 6.45) is 2.11. The van der Waals surface area contributed by atoms with Crippen molar-refractivity contribution >= 4 is 17.6 Å². The normalized spacial score (nSPS) is 21.3. The summed E-state index contributed by atoms with van der Waals surface area (Å²) >= 11 is 0. The molecule has 3 rings (SSSR count). The van der Waals surface area contributed by atoms with Crippen LogP contribution in [0.15, 0.2) is 24.3 Å². The van der Waals surface area contributed by atoms with Crippen LogP contribution in [0.5, 0.6) is 0 Å². The lowest BCUT2D eigenvalue weighted by molar-refractivity contribution is 0.0737. The summed E-state index contributed by atoms with van der Waals surface area (Å²) in [5, 5.41) is 5.93. The Morgan fingerprint density at radius 3 is 2.73 bits per heavy atom. The van der Waals surface area contributed by atoms with E-state index < -0.39 is 0 Å². The van der Waals surface area contributed by atoms with E-state index in [4.69, 9.17) is 0 Å². The van der Waals surface area contributed by atoms with E-state index in [9.17, 15) is 9.59 Å². The van der Waals surface area contributed by atoms with Gasteiger partial charge in [-0.05, 0) is 44.2 Å². The van der Waals surface area contributed by atoms with Crippen LogP contribution in [0.2, 0.25) is 0 Å². The molecule has 2 fully saturated rings. The van der Waals surface area contributed by atoms with Gasteiger partial charge >= 0.3 is 6.03 Å². The molecule has 1 aromatic carbocycles. The number of urea groups is 1. The number of likely N-dealkylation sites (tertiary alicyclic amines) is 1. The predicted molar refractivity (Wildman–Crippen MR) is 85.2 cm³/mol. The van der Waals surface area contributed by atoms with Crippen LogP contribution in [0, 0.1) is 0 Å². The van der Waals surface area contributed by atoms with Crippen LogP contribution in [0.3, 0.4) is 0 Å². The number of hydrogen-bond acceptors (Lipinski definition) is 3. The Morgan fingerprint density at radius 1 is 1.32 bits per heavy atom. The number of benzene rings is 1. The number of likely N-dealkylation sites (N-methyl/N-ethyl adjacent to an activating group) is 1. The average molecular weight is 302 g/mol. The smallest absolute Gasteiger partial charge is 0.321 e. The SMILES string of the molecule is CNCC1CCCN1C(=O)c1ccc(N2CCNC2=O)cc1. The second-order valence-electron chi connectivity index (χ2n) is 5.78. The van der Waals surface area contributed by atoms with Gasteiger partial charge in [-0.15, -0.1) is 0 Å². The molecule has 0 saturated carbocycles. The van der Waals surface area contributed by atoms with Gasteiger partial charge in [0.15, 0.2) is 0 Å². The molecule has 6 heteroatoms. The van der Waals surface area contributed by atoms with Gasteiger partial charge in [-0.3, -0.25) is 9.69 Å². The van der Waals surface area contributed by atoms with Crippen LogP contribution in [0.1, 0.15) is 23.2 Å². The van der Waals surface area contributed by atoms with Crippen molar-refractivity contribution in [1.82, 2.24) is 15.5 Å². The van der Waals surface area contributed by atoms with Gasteiger partial charge in [-0.25, -0.2) is 4.79 Å². The highest BCUT2D eigenvalue weighted by Crippen LogP contribution is 2.22. The second-order valence-corrected chi connectivity index (χ2v) is 5.78. The van der Waals surface area contributed by atoms with E-state index in [-0.39, 0.29) is 18.0 Å². The van der Waals surface area contributed by atoms with Crippen molar-refractivity contribution in [3.63, 3.8) is 0 Å². The highest BCUT2D eigenvalue weighted by Gasteiger charge is 2.29. The number of hydrogen-bond donors (Lipinski definition) is 2. The van der Waals surface area contributed by atoms with Gasteiger partial charge < -0.3 is 15.5 Å². The van der Waals surface area contributed by atoms with Gasteiger partial charge in [0.25, 0.3) is 5.91 Å². The number of nitrogens with one attached hydrogen (secondary N) is 2. The van der Waals surface area contributed by atoms with Crippen LogP contribution < -0.4 is 15.5 Å². The molecule has 1 aromatic rings. The molecule has 118 valence electrons. The summed E-state index contributed by atoms with van der Waals surface area (Å²) in [5.74, 6) is 0.0789. The largest absolute Gasteiger partial charge is 0.336 e. The minimum Gasteiger partial charge on any atom is -0.336 e. The monoisotopic (exact) mass is 302 g/mol. The van der Waals surface area contributed by atoms with E-state index in [1.165, 1.54) is 0 Å². The van der Waals surface area contributed by atoms with Gasteiger partial charge in [0, 0.05) is 43.5 Å². The molecule has 22 heavy (non-hydrogen) atoms. The fraction of sp³-hybridized carbons (Fsp3) is 0.500. The lowest BCUT2D eigenvalue weighted by Gasteiger charge is -2.25. The molecule has 1 atom stereocenters. The molecular weight excluding hydrogens is 280 g/mol.